The van der Waals surface area contributed by atoms with Gasteiger partial charge in [0.2, 0.25) is 5.91 Å². The molecule has 0 aromatic heterocycles. The highest BCUT2D eigenvalue weighted by molar-refractivity contribution is 7.47. The average molecular weight is 1170 g/mol. The van der Waals surface area contributed by atoms with Crippen molar-refractivity contribution in [2.24, 2.45) is 0 Å². The Morgan fingerprint density at radius 2 is 0.780 bits per heavy atom. The Morgan fingerprint density at radius 3 is 1.18 bits per heavy atom. The SMILES string of the molecule is CC\C=C/C=C/C=C/C=C\C=C\C=C\CCCCCC(=O)OC(/C=C\CCCCCCCCCCCC)C(COP(=O)(O)OCC[N+](C)(C)C)NC(=O)CCCCCCCCCCCCCCCCCCCCCCCCCCCCC. The Morgan fingerprint density at radius 1 is 0.439 bits per heavy atom. The molecule has 476 valence electrons. The van der Waals surface area contributed by atoms with Gasteiger partial charge in [-0.1, -0.05) is 331 Å². The number of carbonyl (C=O) groups is 2. The number of quaternary nitrogens is 1. The largest absolute Gasteiger partial charge is 0.472 e. The Bertz CT molecular complexity index is 1680. The normalized spacial score (nSPS) is 14.1. The lowest BCUT2D eigenvalue weighted by molar-refractivity contribution is -0.870. The van der Waals surface area contributed by atoms with E-state index in [2.05, 4.69) is 38.2 Å². The lowest BCUT2D eigenvalue weighted by atomic mass is 10.0. The summed E-state index contributed by atoms with van der Waals surface area (Å²) in [5.74, 6) is -0.549. The molecule has 0 aromatic rings. The molecule has 0 heterocycles. The smallest absolute Gasteiger partial charge is 0.456 e. The van der Waals surface area contributed by atoms with Crippen molar-refractivity contribution in [3.05, 3.63) is 85.1 Å². The summed E-state index contributed by atoms with van der Waals surface area (Å²) < 4.78 is 30.7. The maximum atomic E-state index is 13.6. The van der Waals surface area contributed by atoms with Gasteiger partial charge in [-0.25, -0.2) is 4.57 Å². The minimum absolute atomic E-state index is 0.0305. The van der Waals surface area contributed by atoms with Gasteiger partial charge in [-0.3, -0.25) is 18.6 Å². The van der Waals surface area contributed by atoms with E-state index < -0.39 is 20.0 Å². The molecule has 0 aliphatic rings. The van der Waals surface area contributed by atoms with Crippen molar-refractivity contribution in [2.75, 3.05) is 40.9 Å². The predicted octanol–water partition coefficient (Wildman–Crippen LogP) is 21.7. The molecule has 0 fully saturated rings. The fourth-order valence-electron chi connectivity index (χ4n) is 9.97. The molecule has 0 bridgehead atoms. The number of nitrogens with one attached hydrogen (secondary N) is 1. The number of phosphoric acid groups is 1. The van der Waals surface area contributed by atoms with Gasteiger partial charge >= 0.3 is 13.8 Å². The summed E-state index contributed by atoms with van der Waals surface area (Å²) in [6.45, 7) is 6.87. The Labute approximate surface area is 507 Å². The maximum Gasteiger partial charge on any atom is 0.472 e. The number of carbonyl (C=O) groups excluding carboxylic acids is 2. The number of unbranched alkanes of at least 4 members (excludes halogenated alkanes) is 39. The lowest BCUT2D eigenvalue weighted by Crippen LogP contribution is -2.47. The number of amides is 1. The van der Waals surface area contributed by atoms with Gasteiger partial charge in [0.15, 0.2) is 0 Å². The van der Waals surface area contributed by atoms with Gasteiger partial charge in [-0.2, -0.15) is 0 Å². The van der Waals surface area contributed by atoms with Crippen molar-refractivity contribution < 1.29 is 37.3 Å². The van der Waals surface area contributed by atoms with Crippen molar-refractivity contribution in [1.82, 2.24) is 5.32 Å². The van der Waals surface area contributed by atoms with Gasteiger partial charge in [0.05, 0.1) is 33.8 Å². The summed E-state index contributed by atoms with van der Waals surface area (Å²) in [5.41, 5.74) is 0. The Hall–Kier alpha value is -2.81. The number of likely N-dealkylation sites (N-methyl/N-ethyl adjacent to an activating group) is 1. The summed E-state index contributed by atoms with van der Waals surface area (Å²) in [7, 11) is 1.47. The van der Waals surface area contributed by atoms with E-state index in [0.29, 0.717) is 23.9 Å². The highest BCUT2D eigenvalue weighted by Crippen LogP contribution is 2.43. The monoisotopic (exact) mass is 1170 g/mol. The summed E-state index contributed by atoms with van der Waals surface area (Å²) in [6.07, 6.45) is 81.8. The van der Waals surface area contributed by atoms with Gasteiger partial charge in [0, 0.05) is 12.8 Å². The first-order valence-electron chi connectivity index (χ1n) is 34.5. The third kappa shape index (κ3) is 61.7. The molecule has 0 aliphatic heterocycles. The molecule has 2 N–H and O–H groups in total. The van der Waals surface area contributed by atoms with Crippen molar-refractivity contribution >= 4 is 19.7 Å². The zero-order valence-corrected chi connectivity index (χ0v) is 55.4. The van der Waals surface area contributed by atoms with Crippen molar-refractivity contribution in [3.8, 4) is 0 Å². The summed E-state index contributed by atoms with van der Waals surface area (Å²) in [4.78, 5) is 37.8. The summed E-state index contributed by atoms with van der Waals surface area (Å²) >= 11 is 0. The fourth-order valence-corrected chi connectivity index (χ4v) is 10.7. The fraction of sp³-hybridized carbons (Fsp3) is 0.778. The first-order valence-corrected chi connectivity index (χ1v) is 36.0. The van der Waals surface area contributed by atoms with Crippen LogP contribution in [0.4, 0.5) is 0 Å². The molecular weight excluding hydrogens is 1040 g/mol. The molecule has 0 saturated carbocycles. The van der Waals surface area contributed by atoms with Gasteiger partial charge in [0.1, 0.15) is 19.3 Å². The molecule has 0 saturated heterocycles. The van der Waals surface area contributed by atoms with E-state index in [1.54, 1.807) is 0 Å². The minimum atomic E-state index is -4.47. The van der Waals surface area contributed by atoms with E-state index in [9.17, 15) is 19.0 Å². The first kappa shape index (κ1) is 79.2. The van der Waals surface area contributed by atoms with Crippen LogP contribution >= 0.6 is 7.82 Å². The molecule has 0 aromatic carbocycles. The highest BCUT2D eigenvalue weighted by atomic mass is 31.2. The number of hydrogen-bond acceptors (Lipinski definition) is 6. The molecule has 1 amide bonds. The Kier molecular flexibility index (Phi) is 59.2. The number of hydrogen-bond donors (Lipinski definition) is 2. The van der Waals surface area contributed by atoms with Crippen LogP contribution in [0.1, 0.15) is 310 Å². The molecule has 0 spiro atoms. The standard InChI is InChI=1S/C72H131N2O7P/c1-7-10-13-16-19-22-25-28-30-32-33-34-35-36-37-38-39-40-41-43-44-46-49-52-55-58-61-64-71(75)73-69(68-80-82(77,78)79-67-66-74(4,5)6)70(63-60-57-54-51-48-27-24-21-18-15-12-9-3)81-72(76)65-62-59-56-53-50-47-45-42-31-29-26-23-20-17-14-11-8-2/h11,14,17,20,23,26,29,31,42,45,47,50,60,63,69-70H,7-10,12-13,15-16,18-19,21-22,24-25,27-28,30,32-41,43-44,46,48-49,51-59,61-62,64-68H2,1-6H3,(H-,73,75,77,78)/p+1/b14-11-,20-17+,26-23+,31-29-,45-42+,50-47+,63-60-. The van der Waals surface area contributed by atoms with Gasteiger partial charge in [0.25, 0.3) is 0 Å². The topological polar surface area (TPSA) is 111 Å². The minimum Gasteiger partial charge on any atom is -0.456 e. The van der Waals surface area contributed by atoms with Gasteiger partial charge < -0.3 is 19.4 Å². The molecule has 3 atom stereocenters. The molecule has 0 aliphatic carbocycles. The van der Waals surface area contributed by atoms with Crippen LogP contribution in [-0.4, -0.2) is 74.3 Å². The van der Waals surface area contributed by atoms with Crippen LogP contribution in [0.3, 0.4) is 0 Å². The zero-order chi connectivity index (χ0) is 60.0. The molecule has 0 rings (SSSR count). The van der Waals surface area contributed by atoms with E-state index in [0.717, 1.165) is 64.2 Å². The number of nitrogens with zero attached hydrogens (tertiary/aromatic N) is 1. The average Bonchev–Trinajstić information content (AvgIpc) is 3.44. The molecule has 10 heteroatoms. The Balaban J connectivity index is 5.07. The van der Waals surface area contributed by atoms with Crippen molar-refractivity contribution in [2.45, 2.75) is 322 Å². The maximum absolute atomic E-state index is 13.6. The third-order valence-corrected chi connectivity index (χ3v) is 16.2. The van der Waals surface area contributed by atoms with E-state index in [1.807, 2.05) is 94.1 Å². The van der Waals surface area contributed by atoms with Crippen LogP contribution in [0, 0.1) is 0 Å². The summed E-state index contributed by atoms with van der Waals surface area (Å²) in [5, 5.41) is 3.06. The van der Waals surface area contributed by atoms with Crippen LogP contribution in [-0.2, 0) is 27.9 Å². The van der Waals surface area contributed by atoms with Crippen LogP contribution in [0.5, 0.6) is 0 Å². The lowest BCUT2D eigenvalue weighted by Gasteiger charge is -2.27. The number of esters is 1. The molecule has 3 unspecified atom stereocenters. The second-order valence-electron chi connectivity index (χ2n) is 24.5. The van der Waals surface area contributed by atoms with E-state index in [4.69, 9.17) is 13.8 Å². The van der Waals surface area contributed by atoms with Crippen molar-refractivity contribution in [3.63, 3.8) is 0 Å². The van der Waals surface area contributed by atoms with Crippen LogP contribution in [0.2, 0.25) is 0 Å². The molecule has 82 heavy (non-hydrogen) atoms. The summed E-state index contributed by atoms with van der Waals surface area (Å²) in [6, 6.07) is -0.870. The second kappa shape index (κ2) is 61.3. The molecule has 0 radical (unpaired) electrons. The molecule has 9 nitrogen and oxygen atoms in total. The van der Waals surface area contributed by atoms with E-state index >= 15 is 0 Å². The first-order chi connectivity index (χ1) is 39.9. The van der Waals surface area contributed by atoms with Crippen LogP contribution in [0.15, 0.2) is 85.1 Å². The highest BCUT2D eigenvalue weighted by Gasteiger charge is 2.30. The quantitative estimate of drug-likeness (QED) is 0.0156. The van der Waals surface area contributed by atoms with Crippen molar-refractivity contribution in [1.29, 1.82) is 0 Å². The molecular formula is C72H132N2O7P+. The second-order valence-corrected chi connectivity index (χ2v) is 25.9. The van der Waals surface area contributed by atoms with E-state index in [1.165, 1.54) is 205 Å². The number of phosphoric ester groups is 1. The number of ether oxygens (including phenoxy) is 1. The number of rotatable bonds is 62. The van der Waals surface area contributed by atoms with E-state index in [-0.39, 0.29) is 31.5 Å². The zero-order valence-electron chi connectivity index (χ0n) is 54.5. The predicted molar refractivity (Wildman–Crippen MR) is 355 cm³/mol. The third-order valence-electron chi connectivity index (χ3n) is 15.3. The van der Waals surface area contributed by atoms with Gasteiger partial charge in [-0.05, 0) is 51.0 Å². The van der Waals surface area contributed by atoms with Gasteiger partial charge in [-0.15, -0.1) is 0 Å². The van der Waals surface area contributed by atoms with Crippen LogP contribution in [0.25, 0.3) is 0 Å². The number of allylic oxidation sites excluding steroid dienone is 13. The van der Waals surface area contributed by atoms with Crippen LogP contribution < -0.4 is 5.32 Å².